The molecule has 2 heterocycles. The number of carbonyl (C=O) groups excluding carboxylic acids is 1. The van der Waals surface area contributed by atoms with Gasteiger partial charge in [-0.1, -0.05) is 11.6 Å². The van der Waals surface area contributed by atoms with Gasteiger partial charge in [0.25, 0.3) is 5.91 Å². The van der Waals surface area contributed by atoms with E-state index in [9.17, 15) is 13.2 Å². The molecule has 33 heavy (non-hydrogen) atoms. The quantitative estimate of drug-likeness (QED) is 0.567. The number of hydrogen-bond acceptors (Lipinski definition) is 6. The Hall–Kier alpha value is -2.72. The third-order valence-electron chi connectivity index (χ3n) is 5.20. The Morgan fingerprint density at radius 1 is 1.15 bits per heavy atom. The smallest absolute Gasteiger partial charge is 0.262 e. The largest absolute Gasteiger partial charge is 0.481 e. The molecule has 1 fully saturated rings. The van der Waals surface area contributed by atoms with Crippen LogP contribution in [0.25, 0.3) is 10.9 Å². The van der Waals surface area contributed by atoms with Crippen molar-refractivity contribution in [3.63, 3.8) is 0 Å². The van der Waals surface area contributed by atoms with E-state index in [4.69, 9.17) is 21.1 Å². The van der Waals surface area contributed by atoms with E-state index in [0.717, 1.165) is 5.39 Å². The number of hydrogen-bond donors (Lipinski definition) is 1. The minimum absolute atomic E-state index is 0.164. The van der Waals surface area contributed by atoms with Gasteiger partial charge in [0, 0.05) is 30.4 Å². The van der Waals surface area contributed by atoms with E-state index in [1.54, 1.807) is 36.5 Å². The predicted octanol–water partition coefficient (Wildman–Crippen LogP) is 3.70. The Labute approximate surface area is 197 Å². The summed E-state index contributed by atoms with van der Waals surface area (Å²) in [5.74, 6) is 0.0565. The molecule has 1 aliphatic heterocycles. The molecule has 4 rings (SSSR count). The van der Waals surface area contributed by atoms with Crippen LogP contribution in [0.2, 0.25) is 5.02 Å². The molecule has 1 saturated heterocycles. The van der Waals surface area contributed by atoms with Crippen LogP contribution in [-0.2, 0) is 19.6 Å². The Bertz CT molecular complexity index is 1260. The van der Waals surface area contributed by atoms with Crippen LogP contribution in [0.3, 0.4) is 0 Å². The summed E-state index contributed by atoms with van der Waals surface area (Å²) in [6, 6.07) is 13.0. The topological polar surface area (TPSA) is 97.8 Å². The van der Waals surface area contributed by atoms with Crippen molar-refractivity contribution >= 4 is 44.1 Å². The van der Waals surface area contributed by atoms with Crippen molar-refractivity contribution in [2.75, 3.05) is 25.0 Å². The molecule has 10 heteroatoms. The van der Waals surface area contributed by atoms with Gasteiger partial charge < -0.3 is 14.8 Å². The van der Waals surface area contributed by atoms with Crippen LogP contribution in [0.5, 0.6) is 5.75 Å². The van der Waals surface area contributed by atoms with Crippen LogP contribution < -0.4 is 10.1 Å². The number of pyridine rings is 1. The second-order valence-electron chi connectivity index (χ2n) is 7.89. The lowest BCUT2D eigenvalue weighted by atomic mass is 10.2. The number of fused-ring (bicyclic) bond motifs is 1. The van der Waals surface area contributed by atoms with E-state index in [-0.39, 0.29) is 29.6 Å². The number of amides is 1. The molecule has 8 nitrogen and oxygen atoms in total. The van der Waals surface area contributed by atoms with Gasteiger partial charge >= 0.3 is 0 Å². The number of nitrogens with zero attached hydrogens (tertiary/aromatic N) is 2. The Balaban J connectivity index is 1.39. The first-order chi connectivity index (χ1) is 15.7. The van der Waals surface area contributed by atoms with Crippen LogP contribution in [0.4, 0.5) is 5.69 Å². The highest BCUT2D eigenvalue weighted by Gasteiger charge is 2.32. The zero-order chi connectivity index (χ0) is 23.6. The molecule has 1 N–H and O–H groups in total. The standard InChI is InChI=1S/C23H24ClN3O5S/c1-15-12-27(13-16(2)32-15)33(29,30)18-7-5-17(6-8-18)26-22(28)14-31-21-10-9-20(24)19-4-3-11-25-23(19)21/h3-11,15-16H,12-14H2,1-2H3,(H,26,28)/t15-,16-/m1/s1. The minimum Gasteiger partial charge on any atom is -0.481 e. The van der Waals surface area contributed by atoms with Gasteiger partial charge in [-0.25, -0.2) is 8.42 Å². The fourth-order valence-corrected chi connectivity index (χ4v) is 5.56. The summed E-state index contributed by atoms with van der Waals surface area (Å²) in [7, 11) is -3.65. The maximum atomic E-state index is 12.9. The molecule has 174 valence electrons. The van der Waals surface area contributed by atoms with Gasteiger partial charge in [-0.3, -0.25) is 9.78 Å². The second kappa shape index (κ2) is 9.64. The number of sulfonamides is 1. The molecule has 1 amide bonds. The van der Waals surface area contributed by atoms with Crippen molar-refractivity contribution in [1.82, 2.24) is 9.29 Å². The molecule has 2 aromatic carbocycles. The molecule has 3 aromatic rings. The molecule has 0 spiro atoms. The molecule has 0 bridgehead atoms. The maximum absolute atomic E-state index is 12.9. The number of aromatic nitrogens is 1. The molecule has 0 unspecified atom stereocenters. The number of anilines is 1. The summed E-state index contributed by atoms with van der Waals surface area (Å²) >= 11 is 6.18. The number of morpholine rings is 1. The highest BCUT2D eigenvalue weighted by molar-refractivity contribution is 7.89. The number of carbonyl (C=O) groups is 1. The number of benzene rings is 2. The average Bonchev–Trinajstić information content (AvgIpc) is 2.78. The van der Waals surface area contributed by atoms with E-state index >= 15 is 0 Å². The highest BCUT2D eigenvalue weighted by Crippen LogP contribution is 2.29. The van der Waals surface area contributed by atoms with Gasteiger partial charge in [-0.15, -0.1) is 0 Å². The summed E-state index contributed by atoms with van der Waals surface area (Å²) < 4.78 is 38.6. The zero-order valence-corrected chi connectivity index (χ0v) is 19.8. The third-order valence-corrected chi connectivity index (χ3v) is 7.38. The van der Waals surface area contributed by atoms with Crippen molar-refractivity contribution in [2.45, 2.75) is 31.0 Å². The third kappa shape index (κ3) is 5.27. The highest BCUT2D eigenvalue weighted by atomic mass is 35.5. The zero-order valence-electron chi connectivity index (χ0n) is 18.2. The van der Waals surface area contributed by atoms with Crippen molar-refractivity contribution in [1.29, 1.82) is 0 Å². The van der Waals surface area contributed by atoms with Gasteiger partial charge in [0.05, 0.1) is 22.1 Å². The molecule has 0 aliphatic carbocycles. The lowest BCUT2D eigenvalue weighted by Gasteiger charge is -2.34. The molecule has 0 radical (unpaired) electrons. The molecular formula is C23H24ClN3O5S. The van der Waals surface area contributed by atoms with Gasteiger partial charge in [-0.05, 0) is 62.4 Å². The van der Waals surface area contributed by atoms with Crippen LogP contribution in [0.15, 0.2) is 59.6 Å². The van der Waals surface area contributed by atoms with Crippen molar-refractivity contribution < 1.29 is 22.7 Å². The summed E-state index contributed by atoms with van der Waals surface area (Å²) in [6.45, 7) is 4.06. The first kappa shape index (κ1) is 23.4. The molecular weight excluding hydrogens is 466 g/mol. The van der Waals surface area contributed by atoms with Gasteiger partial charge in [0.15, 0.2) is 6.61 Å². The first-order valence-corrected chi connectivity index (χ1v) is 12.3. The van der Waals surface area contributed by atoms with E-state index in [1.165, 1.54) is 16.4 Å². The van der Waals surface area contributed by atoms with E-state index in [0.29, 0.717) is 35.1 Å². The molecule has 2 atom stereocenters. The Kier molecular flexibility index (Phi) is 6.85. The summed E-state index contributed by atoms with van der Waals surface area (Å²) in [6.07, 6.45) is 1.28. The number of nitrogens with one attached hydrogen (secondary N) is 1. The first-order valence-electron chi connectivity index (χ1n) is 10.5. The average molecular weight is 490 g/mol. The van der Waals surface area contributed by atoms with E-state index in [1.807, 2.05) is 19.9 Å². The fourth-order valence-electron chi connectivity index (χ4n) is 3.76. The van der Waals surface area contributed by atoms with E-state index < -0.39 is 10.0 Å². The van der Waals surface area contributed by atoms with Gasteiger partial charge in [0.1, 0.15) is 11.3 Å². The lowest BCUT2D eigenvalue weighted by molar-refractivity contribution is -0.118. The normalized spacial score (nSPS) is 19.4. The minimum atomic E-state index is -3.65. The SMILES string of the molecule is C[C@@H]1CN(S(=O)(=O)c2ccc(NC(=O)COc3ccc(Cl)c4cccnc34)cc2)C[C@@H](C)O1. The molecule has 1 aromatic heterocycles. The van der Waals surface area contributed by atoms with Gasteiger partial charge in [-0.2, -0.15) is 4.31 Å². The fraction of sp³-hybridized carbons (Fsp3) is 0.304. The van der Waals surface area contributed by atoms with Crippen molar-refractivity contribution in [3.05, 3.63) is 59.8 Å². The number of ether oxygens (including phenoxy) is 2. The predicted molar refractivity (Wildman–Crippen MR) is 126 cm³/mol. The molecule has 0 saturated carbocycles. The van der Waals surface area contributed by atoms with Gasteiger partial charge in [0.2, 0.25) is 10.0 Å². The molecule has 1 aliphatic rings. The summed E-state index contributed by atoms with van der Waals surface area (Å²) in [5.41, 5.74) is 1.03. The van der Waals surface area contributed by atoms with Crippen LogP contribution in [0.1, 0.15) is 13.8 Å². The second-order valence-corrected chi connectivity index (χ2v) is 10.2. The van der Waals surface area contributed by atoms with Crippen LogP contribution >= 0.6 is 11.6 Å². The van der Waals surface area contributed by atoms with Crippen LogP contribution in [0, 0.1) is 0 Å². The monoisotopic (exact) mass is 489 g/mol. The Morgan fingerprint density at radius 2 is 1.85 bits per heavy atom. The van der Waals surface area contributed by atoms with Crippen molar-refractivity contribution in [3.8, 4) is 5.75 Å². The lowest BCUT2D eigenvalue weighted by Crippen LogP contribution is -2.48. The van der Waals surface area contributed by atoms with Crippen molar-refractivity contribution in [2.24, 2.45) is 0 Å². The summed E-state index contributed by atoms with van der Waals surface area (Å²) in [4.78, 5) is 16.8. The van der Waals surface area contributed by atoms with Crippen LogP contribution in [-0.4, -0.2) is 55.5 Å². The Morgan fingerprint density at radius 3 is 2.55 bits per heavy atom. The number of halogens is 1. The maximum Gasteiger partial charge on any atom is 0.262 e. The number of rotatable bonds is 6. The summed E-state index contributed by atoms with van der Waals surface area (Å²) in [5, 5.41) is 3.99. The van der Waals surface area contributed by atoms with E-state index in [2.05, 4.69) is 10.3 Å².